The van der Waals surface area contributed by atoms with Crippen molar-refractivity contribution in [2.75, 3.05) is 6.54 Å². The van der Waals surface area contributed by atoms with Gasteiger partial charge < -0.3 is 10.0 Å². The molecule has 8 nitrogen and oxygen atoms in total. The Balaban J connectivity index is 1.48. The first kappa shape index (κ1) is 29.5. The molecule has 222 valence electrons. The Kier molecular flexibility index (Phi) is 7.23. The first-order valence-corrected chi connectivity index (χ1v) is 14.0. The van der Waals surface area contributed by atoms with Crippen molar-refractivity contribution in [3.05, 3.63) is 46.3 Å². The second kappa shape index (κ2) is 10.1. The van der Waals surface area contributed by atoms with Crippen molar-refractivity contribution < 1.29 is 37.1 Å². The number of carbonyl (C=O) groups excluding carboxylic acids is 2. The molecule has 5 rings (SSSR count). The summed E-state index contributed by atoms with van der Waals surface area (Å²) in [5.74, 6) is -3.33. The van der Waals surface area contributed by atoms with Gasteiger partial charge in [0.05, 0.1) is 46.5 Å². The van der Waals surface area contributed by atoms with E-state index in [4.69, 9.17) is 11.6 Å². The molecule has 3 aliphatic rings. The highest BCUT2D eigenvalue weighted by atomic mass is 35.5. The Morgan fingerprint density at radius 3 is 2.24 bits per heavy atom. The van der Waals surface area contributed by atoms with Gasteiger partial charge in [-0.2, -0.15) is 18.3 Å². The molecular formula is C28H31ClF4N4O4. The van der Waals surface area contributed by atoms with Gasteiger partial charge in [0.1, 0.15) is 0 Å². The summed E-state index contributed by atoms with van der Waals surface area (Å²) in [6.45, 7) is 5.09. The quantitative estimate of drug-likeness (QED) is 0.307. The minimum Gasteiger partial charge on any atom is -0.481 e. The number of Topliss-reactive ketones (excluding diaryl/α,β-unsaturated/α-hetero) is 1. The lowest BCUT2D eigenvalue weighted by molar-refractivity contribution is -0.152. The summed E-state index contributed by atoms with van der Waals surface area (Å²) in [4.78, 5) is 43.5. The molecule has 1 N–H and O–H groups in total. The van der Waals surface area contributed by atoms with Gasteiger partial charge in [-0.25, -0.2) is 4.39 Å². The summed E-state index contributed by atoms with van der Waals surface area (Å²) in [7, 11) is 0. The smallest absolute Gasteiger partial charge is 0.433 e. The van der Waals surface area contributed by atoms with E-state index in [-0.39, 0.29) is 48.0 Å². The third kappa shape index (κ3) is 5.12. The zero-order chi connectivity index (χ0) is 30.1. The molecule has 41 heavy (non-hydrogen) atoms. The highest BCUT2D eigenvalue weighted by Gasteiger charge is 2.63. The molecule has 3 aliphatic carbocycles. The number of hydrogen-bond acceptors (Lipinski definition) is 5. The molecule has 2 aromatic heterocycles. The first-order chi connectivity index (χ1) is 19.1. The minimum atomic E-state index is -4.95. The van der Waals surface area contributed by atoms with Crippen molar-refractivity contribution in [3.63, 3.8) is 0 Å². The van der Waals surface area contributed by atoms with Crippen LogP contribution in [0, 0.1) is 28.5 Å². The lowest BCUT2D eigenvalue weighted by atomic mass is 9.74. The molecule has 2 aromatic rings. The minimum absolute atomic E-state index is 0.0448. The van der Waals surface area contributed by atoms with Crippen LogP contribution in [0.4, 0.5) is 17.6 Å². The van der Waals surface area contributed by atoms with Crippen LogP contribution in [0.2, 0.25) is 5.02 Å². The predicted octanol–water partition coefficient (Wildman–Crippen LogP) is 6.06. The van der Waals surface area contributed by atoms with Crippen molar-refractivity contribution in [1.82, 2.24) is 19.7 Å². The van der Waals surface area contributed by atoms with Gasteiger partial charge in [-0.15, -0.1) is 0 Å². The number of carboxylic acid groups (broad SMARTS) is 1. The number of ketones is 1. The van der Waals surface area contributed by atoms with E-state index in [0.717, 1.165) is 28.2 Å². The maximum Gasteiger partial charge on any atom is 0.433 e. The molecule has 0 saturated heterocycles. The molecule has 0 spiro atoms. The number of nitrogens with zero attached hydrogens (tertiary/aromatic N) is 4. The van der Waals surface area contributed by atoms with Crippen LogP contribution >= 0.6 is 11.6 Å². The summed E-state index contributed by atoms with van der Waals surface area (Å²) >= 11 is 6.02. The Labute approximate surface area is 239 Å². The number of carbonyl (C=O) groups is 3. The van der Waals surface area contributed by atoms with Crippen LogP contribution in [0.25, 0.3) is 0 Å². The number of hydrogen-bond donors (Lipinski definition) is 1. The maximum atomic E-state index is 14.5. The van der Waals surface area contributed by atoms with Gasteiger partial charge in [-0.1, -0.05) is 25.4 Å². The van der Waals surface area contributed by atoms with Gasteiger partial charge in [0.2, 0.25) is 0 Å². The molecular weight excluding hydrogens is 568 g/mol. The number of alkyl halides is 3. The van der Waals surface area contributed by atoms with Gasteiger partial charge in [0.25, 0.3) is 5.91 Å². The molecule has 13 heteroatoms. The topological polar surface area (TPSA) is 105 Å². The van der Waals surface area contributed by atoms with Crippen LogP contribution in [0.15, 0.2) is 18.6 Å². The number of aromatic nitrogens is 3. The Hall–Kier alpha value is -3.02. The SMILES string of the molecule is CC1(C(=O)O)CCC(n2ncc(C(=O)N(CC(=O)c3c(F)cncc3Cl)C3C[C@@H]4[C@H](C3)C4(C)C)c2C(F)(F)F)CC1. The van der Waals surface area contributed by atoms with Crippen LogP contribution in [-0.4, -0.2) is 55.0 Å². The molecule has 0 aromatic carbocycles. The number of aliphatic carboxylic acids is 1. The first-order valence-electron chi connectivity index (χ1n) is 13.6. The van der Waals surface area contributed by atoms with Crippen LogP contribution in [0.5, 0.6) is 0 Å². The Bertz CT molecular complexity index is 1370. The molecule has 3 atom stereocenters. The molecule has 1 unspecified atom stereocenters. The number of halogens is 5. The highest BCUT2D eigenvalue weighted by molar-refractivity contribution is 6.34. The van der Waals surface area contributed by atoms with Gasteiger partial charge in [-0.3, -0.25) is 24.0 Å². The monoisotopic (exact) mass is 598 g/mol. The fourth-order valence-corrected chi connectivity index (χ4v) is 7.19. The Morgan fingerprint density at radius 1 is 1.10 bits per heavy atom. The van der Waals surface area contributed by atoms with E-state index < -0.39 is 70.5 Å². The van der Waals surface area contributed by atoms with E-state index in [1.165, 1.54) is 0 Å². The standard InChI is InChI=1S/C28H31ClF4N4O4/c1-26(2)17-8-15(9-18(17)26)36(13-21(38)22-19(29)11-34-12-20(22)30)24(39)16-10-35-37(23(16)28(31,32)33)14-4-6-27(3,7-5-14)25(40)41/h10-12,14-15,17-18H,4-9,13H2,1-3H3,(H,40,41)/t14?,15?,17-,18+,27?. The second-order valence-electron chi connectivity index (χ2n) is 12.4. The largest absolute Gasteiger partial charge is 0.481 e. The fourth-order valence-electron chi connectivity index (χ4n) is 6.94. The number of pyridine rings is 1. The van der Waals surface area contributed by atoms with E-state index in [2.05, 4.69) is 23.9 Å². The van der Waals surface area contributed by atoms with E-state index in [0.29, 0.717) is 12.8 Å². The summed E-state index contributed by atoms with van der Waals surface area (Å²) in [6.07, 6.45) is -0.566. The Morgan fingerprint density at radius 2 is 1.71 bits per heavy atom. The average molecular weight is 599 g/mol. The lowest BCUT2D eigenvalue weighted by Gasteiger charge is -2.35. The molecule has 1 amide bonds. The number of rotatable bonds is 7. The third-order valence-electron chi connectivity index (χ3n) is 9.70. The molecule has 0 radical (unpaired) electrons. The van der Waals surface area contributed by atoms with Crippen LogP contribution < -0.4 is 0 Å². The fraction of sp³-hybridized carbons (Fsp3) is 0.607. The van der Waals surface area contributed by atoms with Crippen molar-refractivity contribution in [3.8, 4) is 0 Å². The van der Waals surface area contributed by atoms with Crippen molar-refractivity contribution in [2.24, 2.45) is 22.7 Å². The second-order valence-corrected chi connectivity index (χ2v) is 12.8. The van der Waals surface area contributed by atoms with Crippen molar-refractivity contribution in [2.45, 2.75) is 77.6 Å². The normalized spacial score (nSPS) is 28.7. The van der Waals surface area contributed by atoms with Gasteiger partial charge in [0.15, 0.2) is 17.3 Å². The molecule has 3 saturated carbocycles. The number of amides is 1. The summed E-state index contributed by atoms with van der Waals surface area (Å²) < 4.78 is 58.8. The predicted molar refractivity (Wildman–Crippen MR) is 139 cm³/mol. The van der Waals surface area contributed by atoms with Crippen molar-refractivity contribution in [1.29, 1.82) is 0 Å². The van der Waals surface area contributed by atoms with Crippen LogP contribution in [0.3, 0.4) is 0 Å². The lowest BCUT2D eigenvalue weighted by Crippen LogP contribution is -2.44. The van der Waals surface area contributed by atoms with Crippen molar-refractivity contribution >= 4 is 29.3 Å². The highest BCUT2D eigenvalue weighted by Crippen LogP contribution is 2.67. The zero-order valence-corrected chi connectivity index (χ0v) is 23.6. The molecule has 0 bridgehead atoms. The van der Waals surface area contributed by atoms with E-state index in [1.807, 2.05) is 0 Å². The average Bonchev–Trinajstić information content (AvgIpc) is 3.30. The number of fused-ring (bicyclic) bond motifs is 1. The zero-order valence-electron chi connectivity index (χ0n) is 22.8. The van der Waals surface area contributed by atoms with Crippen LogP contribution in [-0.2, 0) is 11.0 Å². The van der Waals surface area contributed by atoms with Gasteiger partial charge >= 0.3 is 12.1 Å². The van der Waals surface area contributed by atoms with E-state index in [9.17, 15) is 37.1 Å². The van der Waals surface area contributed by atoms with E-state index >= 15 is 0 Å². The summed E-state index contributed by atoms with van der Waals surface area (Å²) in [6, 6.07) is -1.27. The summed E-state index contributed by atoms with van der Waals surface area (Å²) in [5, 5.41) is 13.2. The van der Waals surface area contributed by atoms with Crippen LogP contribution in [0.1, 0.15) is 91.7 Å². The molecule has 2 heterocycles. The third-order valence-corrected chi connectivity index (χ3v) is 9.99. The molecule has 3 fully saturated rings. The van der Waals surface area contributed by atoms with Gasteiger partial charge in [-0.05, 0) is 62.7 Å². The molecule has 0 aliphatic heterocycles. The van der Waals surface area contributed by atoms with Gasteiger partial charge in [0, 0.05) is 12.2 Å². The van der Waals surface area contributed by atoms with E-state index in [1.54, 1.807) is 6.92 Å². The number of carboxylic acids is 1. The summed E-state index contributed by atoms with van der Waals surface area (Å²) in [5.41, 5.74) is -3.40. The maximum absolute atomic E-state index is 14.5.